The molecule has 20 heteroatoms. The number of hydrogen-bond acceptors (Lipinski definition) is 14. The number of nitrogens with one attached hydrogen (secondary N) is 1. The molecule has 0 radical (unpaired) electrons. The van der Waals surface area contributed by atoms with Gasteiger partial charge in [-0.3, -0.25) is 18.7 Å². The maximum absolute atomic E-state index is 16.4. The Labute approximate surface area is 366 Å². The number of aromatic nitrogens is 1. The van der Waals surface area contributed by atoms with Crippen LogP contribution in [0.1, 0.15) is 102 Å². The van der Waals surface area contributed by atoms with Crippen molar-refractivity contribution in [2.75, 3.05) is 70.0 Å². The summed E-state index contributed by atoms with van der Waals surface area (Å²) in [5.74, 6) is -2.33. The summed E-state index contributed by atoms with van der Waals surface area (Å²) >= 11 is 0. The number of ether oxygens (including phenoxy) is 3. The Balaban J connectivity index is 1.21. The molecule has 3 aliphatic rings. The van der Waals surface area contributed by atoms with Gasteiger partial charge >= 0.3 is 27.3 Å². The lowest BCUT2D eigenvalue weighted by atomic mass is 9.92. The van der Waals surface area contributed by atoms with E-state index in [1.165, 1.54) is 37.6 Å². The smallest absolute Gasteiger partial charge is 0.410 e. The quantitative estimate of drug-likeness (QED) is 0.0942. The lowest BCUT2D eigenvalue weighted by Gasteiger charge is -2.37. The number of carbonyl (C=O) groups is 3. The van der Waals surface area contributed by atoms with Gasteiger partial charge in [-0.2, -0.15) is 0 Å². The molecule has 0 unspecified atom stereocenters. The Bertz CT molecular complexity index is 2280. The molecule has 63 heavy (non-hydrogen) atoms. The number of nitrogens with zero attached hydrogens (tertiary/aromatic N) is 3. The molecule has 1 N–H and O–H groups in total. The average molecular weight is 921 g/mol. The molecule has 2 amide bonds. The van der Waals surface area contributed by atoms with Crippen molar-refractivity contribution >= 4 is 55.4 Å². The van der Waals surface area contributed by atoms with E-state index in [0.717, 1.165) is 31.7 Å². The van der Waals surface area contributed by atoms with E-state index < -0.39 is 62.0 Å². The summed E-state index contributed by atoms with van der Waals surface area (Å²) in [7, 11) is -6.82. The number of halogens is 1. The summed E-state index contributed by atoms with van der Waals surface area (Å²) in [4.78, 5) is 57.4. The molecule has 2 aromatic carbocycles. The van der Waals surface area contributed by atoms with Gasteiger partial charge in [0.15, 0.2) is 23.6 Å². The number of benzene rings is 2. The number of esters is 1. The first-order valence-corrected chi connectivity index (χ1v) is 24.7. The number of piperidine rings is 1. The Hall–Kier alpha value is -4.31. The van der Waals surface area contributed by atoms with Gasteiger partial charge in [-0.25, -0.2) is 14.0 Å². The van der Waals surface area contributed by atoms with E-state index in [4.69, 9.17) is 32.3 Å². The van der Waals surface area contributed by atoms with E-state index in [1.54, 1.807) is 37.2 Å². The normalized spacial score (nSPS) is 18.1. The minimum atomic E-state index is -4.11. The molecular formula is C43H59FN4O13P2. The third-order valence-electron chi connectivity index (χ3n) is 10.9. The van der Waals surface area contributed by atoms with Gasteiger partial charge in [0.2, 0.25) is 5.43 Å². The number of fused-ring (bicyclic) bond motifs is 2. The van der Waals surface area contributed by atoms with Crippen LogP contribution in [0.25, 0.3) is 10.9 Å². The largest absolute Gasteiger partial charge is 0.492 e. The number of hydrogen-bond donors (Lipinski definition) is 1. The van der Waals surface area contributed by atoms with Crippen LogP contribution in [-0.4, -0.2) is 98.9 Å². The summed E-state index contributed by atoms with van der Waals surface area (Å²) < 4.78 is 85.5. The first-order chi connectivity index (χ1) is 29.9. The van der Waals surface area contributed by atoms with Crippen molar-refractivity contribution in [2.45, 2.75) is 97.2 Å². The predicted octanol–water partition coefficient (Wildman–Crippen LogP) is 8.65. The van der Waals surface area contributed by atoms with Crippen LogP contribution in [0.3, 0.4) is 0 Å². The highest BCUT2D eigenvalue weighted by molar-refractivity contribution is 7.72. The zero-order valence-electron chi connectivity index (χ0n) is 37.2. The van der Waals surface area contributed by atoms with Gasteiger partial charge in [0.1, 0.15) is 16.9 Å². The number of carbonyl (C=O) groups excluding carboxylic acids is 3. The second-order valence-corrected chi connectivity index (χ2v) is 21.2. The van der Waals surface area contributed by atoms with Gasteiger partial charge in [0, 0.05) is 37.6 Å². The van der Waals surface area contributed by atoms with E-state index in [0.29, 0.717) is 25.2 Å². The summed E-state index contributed by atoms with van der Waals surface area (Å²) in [5, 5.41) is 1.09. The van der Waals surface area contributed by atoms with Crippen LogP contribution in [0.2, 0.25) is 0 Å². The van der Waals surface area contributed by atoms with E-state index >= 15 is 4.39 Å². The van der Waals surface area contributed by atoms with Crippen LogP contribution in [0.5, 0.6) is 5.75 Å². The van der Waals surface area contributed by atoms with Crippen LogP contribution in [-0.2, 0) is 41.5 Å². The average Bonchev–Trinajstić information content (AvgIpc) is 3.97. The Morgan fingerprint density at radius 1 is 0.905 bits per heavy atom. The fourth-order valence-corrected chi connectivity index (χ4v) is 13.8. The number of rotatable bonds is 18. The maximum atomic E-state index is 16.4. The molecule has 1 saturated carbocycles. The van der Waals surface area contributed by atoms with E-state index in [-0.39, 0.29) is 78.1 Å². The van der Waals surface area contributed by atoms with Gasteiger partial charge in [0.25, 0.3) is 5.91 Å². The van der Waals surface area contributed by atoms with E-state index in [9.17, 15) is 28.3 Å². The van der Waals surface area contributed by atoms with Gasteiger partial charge in [-0.1, -0.05) is 12.1 Å². The molecule has 1 aromatic heterocycles. The molecule has 346 valence electrons. The number of pyridine rings is 1. The number of anilines is 2. The SMILES string of the molecule is CCOP(=O)(OCC)C(c1ccc(NC(=O)COC(=O)c2cn(C3CC3)c3c(OC)c(N4C[C@@H]5CCCN(C(=O)OC(C)(C)C)[C@H]5C4)c(F)cc3c2=O)cc1)P(=O)(OCC)OCC. The van der Waals surface area contributed by atoms with E-state index in [1.807, 2.05) is 25.7 Å². The van der Waals surface area contributed by atoms with Crippen molar-refractivity contribution in [1.82, 2.24) is 9.47 Å². The molecule has 0 spiro atoms. The molecule has 3 fully saturated rings. The molecule has 1 aliphatic carbocycles. The Morgan fingerprint density at radius 3 is 2.05 bits per heavy atom. The maximum Gasteiger partial charge on any atom is 0.410 e. The Morgan fingerprint density at radius 2 is 1.51 bits per heavy atom. The molecular weight excluding hydrogens is 861 g/mol. The second-order valence-electron chi connectivity index (χ2n) is 16.6. The zero-order chi connectivity index (χ0) is 45.9. The van der Waals surface area contributed by atoms with Gasteiger partial charge in [-0.15, -0.1) is 0 Å². The van der Waals surface area contributed by atoms with Crippen molar-refractivity contribution < 1.29 is 60.2 Å². The fourth-order valence-electron chi connectivity index (χ4n) is 8.39. The van der Waals surface area contributed by atoms with Crippen LogP contribution in [0, 0.1) is 11.7 Å². The first-order valence-electron chi connectivity index (χ1n) is 21.5. The van der Waals surface area contributed by atoms with Crippen LogP contribution < -0.4 is 20.4 Å². The topological polar surface area (TPSA) is 190 Å². The van der Waals surface area contributed by atoms with Crippen molar-refractivity contribution in [2.24, 2.45) is 5.92 Å². The van der Waals surface area contributed by atoms with Crippen LogP contribution in [0.15, 0.2) is 41.3 Å². The number of likely N-dealkylation sites (tertiary alicyclic amines) is 1. The van der Waals surface area contributed by atoms with Gasteiger partial charge < -0.3 is 52.0 Å². The molecule has 6 rings (SSSR count). The highest BCUT2D eigenvalue weighted by Crippen LogP contribution is 2.78. The van der Waals surface area contributed by atoms with Crippen LogP contribution >= 0.6 is 15.2 Å². The molecule has 3 aromatic rings. The second kappa shape index (κ2) is 19.8. The molecule has 3 heterocycles. The predicted molar refractivity (Wildman–Crippen MR) is 234 cm³/mol. The highest BCUT2D eigenvalue weighted by Gasteiger charge is 2.52. The summed E-state index contributed by atoms with van der Waals surface area (Å²) in [5.41, 5.74) is -0.844. The first kappa shape index (κ1) is 48.2. The Kier molecular flexibility index (Phi) is 15.2. The van der Waals surface area contributed by atoms with Crippen molar-refractivity contribution in [3.8, 4) is 5.75 Å². The van der Waals surface area contributed by atoms with Crippen LogP contribution in [0.4, 0.5) is 20.6 Å². The minimum Gasteiger partial charge on any atom is -0.492 e. The molecule has 2 atom stereocenters. The molecule has 0 bridgehead atoms. The zero-order valence-corrected chi connectivity index (χ0v) is 39.0. The van der Waals surface area contributed by atoms with Crippen molar-refractivity contribution in [1.29, 1.82) is 0 Å². The monoisotopic (exact) mass is 920 g/mol. The summed E-state index contributed by atoms with van der Waals surface area (Å²) in [6.45, 7) is 12.5. The lowest BCUT2D eigenvalue weighted by Crippen LogP contribution is -2.50. The summed E-state index contributed by atoms with van der Waals surface area (Å²) in [6.07, 6.45) is 4.09. The van der Waals surface area contributed by atoms with Crippen molar-refractivity contribution in [3.05, 3.63) is 63.7 Å². The minimum absolute atomic E-state index is 0.00306. The number of methoxy groups -OCH3 is 1. The molecule has 17 nitrogen and oxygen atoms in total. The number of amides is 2. The fraction of sp³-hybridized carbons (Fsp3) is 0.581. The molecule has 2 aliphatic heterocycles. The highest BCUT2D eigenvalue weighted by atomic mass is 31.2. The standard InChI is InChI=1S/C43H59FN4O13P2/c1-9-57-62(53,58-10-2)41(63(54,59-11-3)60-12-4)27-15-17-29(18-16-27)45-35(49)26-56-40(51)32-24-48(30-19-20-30)36-31(38(32)50)22-33(44)37(39(36)55-8)46-23-28-14-13-21-47(34(28)25-46)42(52)61-43(5,6)7/h15-18,22,24,28,30,34,41H,9-14,19-21,23,25-26H2,1-8H3,(H,45,49)/t28-,34-/m0/s1. The van der Waals surface area contributed by atoms with Gasteiger partial charge in [-0.05, 0) is 104 Å². The van der Waals surface area contributed by atoms with Crippen molar-refractivity contribution in [3.63, 3.8) is 0 Å². The lowest BCUT2D eigenvalue weighted by molar-refractivity contribution is -0.119. The third-order valence-corrected chi connectivity index (χ3v) is 16.9. The third kappa shape index (κ3) is 10.5. The van der Waals surface area contributed by atoms with E-state index in [2.05, 4.69) is 5.32 Å². The molecule has 2 saturated heterocycles. The van der Waals surface area contributed by atoms with Gasteiger partial charge in [0.05, 0.1) is 50.5 Å². The summed E-state index contributed by atoms with van der Waals surface area (Å²) in [6, 6.07) is 6.69.